The van der Waals surface area contributed by atoms with Crippen molar-refractivity contribution in [1.82, 2.24) is 14.9 Å². The van der Waals surface area contributed by atoms with Crippen molar-refractivity contribution in [3.63, 3.8) is 0 Å². The lowest BCUT2D eigenvalue weighted by atomic mass is 9.99. The van der Waals surface area contributed by atoms with E-state index in [1.807, 2.05) is 18.2 Å². The molecule has 6 nitrogen and oxygen atoms in total. The Balaban J connectivity index is 1.48. The highest BCUT2D eigenvalue weighted by molar-refractivity contribution is 5.75. The van der Waals surface area contributed by atoms with Crippen LogP contribution in [0, 0.1) is 0 Å². The van der Waals surface area contributed by atoms with E-state index in [1.54, 1.807) is 6.92 Å². The zero-order chi connectivity index (χ0) is 21.3. The molecular weight excluding hydrogens is 395 g/mol. The number of benzene rings is 1. The quantitative estimate of drug-likeness (QED) is 0.703. The lowest BCUT2D eigenvalue weighted by Gasteiger charge is -2.28. The summed E-state index contributed by atoms with van der Waals surface area (Å²) < 4.78 is 39.7. The molecular formula is C21H24F3N5O. The summed E-state index contributed by atoms with van der Waals surface area (Å²) in [6.45, 7) is 4.01. The fraction of sp³-hybridized carbons (Fsp3) is 0.476. The van der Waals surface area contributed by atoms with Crippen LogP contribution in [-0.2, 0) is 23.9 Å². The number of fused-ring (bicyclic) bond motifs is 1. The number of hydrogen-bond donors (Lipinski definition) is 2. The average Bonchev–Trinajstić information content (AvgIpc) is 3.49. The number of hydrogen-bond acceptors (Lipinski definition) is 6. The van der Waals surface area contributed by atoms with Gasteiger partial charge in [0.05, 0.1) is 0 Å². The summed E-state index contributed by atoms with van der Waals surface area (Å²) in [5.41, 5.74) is 2.27. The summed E-state index contributed by atoms with van der Waals surface area (Å²) in [4.78, 5) is 21.4. The third-order valence-electron chi connectivity index (χ3n) is 5.35. The van der Waals surface area contributed by atoms with Gasteiger partial charge in [-0.2, -0.15) is 18.2 Å². The molecule has 0 spiro atoms. The molecule has 0 bridgehead atoms. The van der Waals surface area contributed by atoms with Gasteiger partial charge in [0.2, 0.25) is 5.95 Å². The minimum Gasteiger partial charge on any atom is -0.367 e. The van der Waals surface area contributed by atoms with Gasteiger partial charge in [-0.15, -0.1) is 0 Å². The van der Waals surface area contributed by atoms with Gasteiger partial charge in [-0.05, 0) is 49.4 Å². The Morgan fingerprint density at radius 1 is 1.27 bits per heavy atom. The van der Waals surface area contributed by atoms with Gasteiger partial charge in [0, 0.05) is 44.0 Å². The Kier molecular flexibility index (Phi) is 5.64. The topological polar surface area (TPSA) is 70.2 Å². The highest BCUT2D eigenvalue weighted by atomic mass is 19.4. The predicted octanol–water partition coefficient (Wildman–Crippen LogP) is 4.15. The Labute approximate surface area is 172 Å². The Bertz CT molecular complexity index is 943. The van der Waals surface area contributed by atoms with Crippen molar-refractivity contribution >= 4 is 23.2 Å². The van der Waals surface area contributed by atoms with Crippen molar-refractivity contribution < 1.29 is 18.0 Å². The second kappa shape index (κ2) is 8.22. The second-order valence-electron chi connectivity index (χ2n) is 7.96. The van der Waals surface area contributed by atoms with Crippen LogP contribution >= 0.6 is 0 Å². The number of nitrogens with one attached hydrogen (secondary N) is 2. The van der Waals surface area contributed by atoms with Gasteiger partial charge in [-0.1, -0.05) is 6.07 Å². The van der Waals surface area contributed by atoms with Gasteiger partial charge in [-0.3, -0.25) is 9.69 Å². The van der Waals surface area contributed by atoms with E-state index < -0.39 is 11.7 Å². The molecule has 1 aromatic carbocycles. The van der Waals surface area contributed by atoms with Crippen molar-refractivity contribution in [2.24, 2.45) is 0 Å². The van der Waals surface area contributed by atoms with Crippen LogP contribution in [0.1, 0.15) is 42.9 Å². The predicted molar refractivity (Wildman–Crippen MR) is 108 cm³/mol. The molecule has 0 saturated heterocycles. The van der Waals surface area contributed by atoms with E-state index in [0.717, 1.165) is 50.8 Å². The van der Waals surface area contributed by atoms with E-state index in [1.165, 1.54) is 11.1 Å². The molecule has 9 heteroatoms. The zero-order valence-electron chi connectivity index (χ0n) is 16.7. The zero-order valence-corrected chi connectivity index (χ0v) is 16.7. The Morgan fingerprint density at radius 3 is 2.77 bits per heavy atom. The number of rotatable bonds is 7. The molecule has 160 valence electrons. The van der Waals surface area contributed by atoms with Gasteiger partial charge in [-0.25, -0.2) is 4.98 Å². The first-order valence-corrected chi connectivity index (χ1v) is 10.1. The number of ketones is 1. The van der Waals surface area contributed by atoms with Crippen molar-refractivity contribution in [1.29, 1.82) is 0 Å². The minimum absolute atomic E-state index is 0.0449. The van der Waals surface area contributed by atoms with Gasteiger partial charge >= 0.3 is 6.18 Å². The van der Waals surface area contributed by atoms with Crippen molar-refractivity contribution in [2.45, 2.75) is 51.4 Å². The van der Waals surface area contributed by atoms with Crippen LogP contribution in [0.4, 0.5) is 30.6 Å². The first-order chi connectivity index (χ1) is 14.3. The summed E-state index contributed by atoms with van der Waals surface area (Å²) in [5.74, 6) is 0.138. The Hall–Kier alpha value is -2.68. The molecule has 1 fully saturated rings. The van der Waals surface area contributed by atoms with Crippen LogP contribution in [-0.4, -0.2) is 39.8 Å². The summed E-state index contributed by atoms with van der Waals surface area (Å²) >= 11 is 0. The number of halogens is 3. The van der Waals surface area contributed by atoms with Crippen molar-refractivity contribution in [3.8, 4) is 0 Å². The molecule has 1 aliphatic heterocycles. The smallest absolute Gasteiger partial charge is 0.367 e. The largest absolute Gasteiger partial charge is 0.421 e. The first-order valence-electron chi connectivity index (χ1n) is 10.1. The highest BCUT2D eigenvalue weighted by Crippen LogP contribution is 2.36. The fourth-order valence-electron chi connectivity index (χ4n) is 3.51. The monoisotopic (exact) mass is 419 g/mol. The van der Waals surface area contributed by atoms with Crippen LogP contribution in [0.15, 0.2) is 24.4 Å². The molecule has 1 saturated carbocycles. The van der Waals surface area contributed by atoms with E-state index in [2.05, 4.69) is 25.5 Å². The molecule has 2 N–H and O–H groups in total. The molecule has 4 rings (SSSR count). The van der Waals surface area contributed by atoms with Crippen LogP contribution in [0.3, 0.4) is 0 Å². The van der Waals surface area contributed by atoms with Crippen molar-refractivity contribution in [3.05, 3.63) is 41.1 Å². The van der Waals surface area contributed by atoms with Crippen LogP contribution in [0.25, 0.3) is 0 Å². The molecule has 0 unspecified atom stereocenters. The number of anilines is 3. The molecule has 2 aromatic rings. The van der Waals surface area contributed by atoms with Gasteiger partial charge in [0.25, 0.3) is 0 Å². The third-order valence-corrected chi connectivity index (χ3v) is 5.35. The average molecular weight is 419 g/mol. The molecule has 30 heavy (non-hydrogen) atoms. The lowest BCUT2D eigenvalue weighted by molar-refractivity contribution is -0.137. The third kappa shape index (κ3) is 5.08. The number of aromatic nitrogens is 2. The highest BCUT2D eigenvalue weighted by Gasteiger charge is 2.36. The summed E-state index contributed by atoms with van der Waals surface area (Å²) in [7, 11) is 0. The number of carbonyl (C=O) groups excluding carboxylic acids is 1. The standard InChI is InChI=1S/C21H24F3N5O/c1-13(30)6-8-29-9-7-14-10-17(3-2-15(14)12-29)27-20-25-11-18(21(22,23)24)19(28-20)26-16-4-5-16/h2-3,10-11,16H,4-9,12H2,1H3,(H2,25,26,27,28). The van der Waals surface area contributed by atoms with Gasteiger partial charge in [0.1, 0.15) is 17.2 Å². The minimum atomic E-state index is -4.50. The number of alkyl halides is 3. The van der Waals surface area contributed by atoms with Gasteiger partial charge in [0.15, 0.2) is 0 Å². The SMILES string of the molecule is CC(=O)CCN1CCc2cc(Nc3ncc(C(F)(F)F)c(NC4CC4)n3)ccc2C1. The fourth-order valence-corrected chi connectivity index (χ4v) is 3.51. The van der Waals surface area contributed by atoms with Gasteiger partial charge < -0.3 is 10.6 Å². The van der Waals surface area contributed by atoms with E-state index in [0.29, 0.717) is 6.42 Å². The number of nitrogens with zero attached hydrogens (tertiary/aromatic N) is 3. The van der Waals surface area contributed by atoms with E-state index in [9.17, 15) is 18.0 Å². The summed E-state index contributed by atoms with van der Waals surface area (Å²) in [5, 5.41) is 5.88. The maximum Gasteiger partial charge on any atom is 0.421 e. The number of Topliss-reactive ketones (excluding diaryl/α,β-unsaturated/α-hetero) is 1. The second-order valence-corrected chi connectivity index (χ2v) is 7.96. The molecule has 0 radical (unpaired) electrons. The molecule has 2 aliphatic rings. The van der Waals surface area contributed by atoms with E-state index >= 15 is 0 Å². The maximum absolute atomic E-state index is 13.2. The molecule has 0 atom stereocenters. The van der Waals surface area contributed by atoms with E-state index in [4.69, 9.17) is 0 Å². The lowest BCUT2D eigenvalue weighted by Crippen LogP contribution is -2.32. The summed E-state index contributed by atoms with van der Waals surface area (Å²) in [6.07, 6.45) is -0.583. The number of carbonyl (C=O) groups is 1. The van der Waals surface area contributed by atoms with Crippen molar-refractivity contribution in [2.75, 3.05) is 23.7 Å². The summed E-state index contributed by atoms with van der Waals surface area (Å²) in [6, 6.07) is 5.92. The Morgan fingerprint density at radius 2 is 2.07 bits per heavy atom. The first kappa shape index (κ1) is 20.6. The molecule has 1 aliphatic carbocycles. The van der Waals surface area contributed by atoms with Crippen LogP contribution in [0.2, 0.25) is 0 Å². The van der Waals surface area contributed by atoms with E-state index in [-0.39, 0.29) is 23.6 Å². The normalized spacial score (nSPS) is 16.8. The molecule has 0 amide bonds. The van der Waals surface area contributed by atoms with Crippen LogP contribution < -0.4 is 10.6 Å². The van der Waals surface area contributed by atoms with Crippen LogP contribution in [0.5, 0.6) is 0 Å². The molecule has 1 aromatic heterocycles. The maximum atomic E-state index is 13.2. The molecule has 2 heterocycles.